The van der Waals surface area contributed by atoms with Crippen molar-refractivity contribution in [1.82, 2.24) is 23.8 Å². The highest BCUT2D eigenvalue weighted by atomic mass is 32.2. The first kappa shape index (κ1) is 22.2. The zero-order valence-electron chi connectivity index (χ0n) is 19.6. The van der Waals surface area contributed by atoms with E-state index in [-0.39, 0.29) is 16.0 Å². The van der Waals surface area contributed by atoms with Crippen LogP contribution in [0.1, 0.15) is 43.7 Å². The summed E-state index contributed by atoms with van der Waals surface area (Å²) in [4.78, 5) is 9.29. The summed E-state index contributed by atoms with van der Waals surface area (Å²) < 4.78 is 30.0. The van der Waals surface area contributed by atoms with Gasteiger partial charge in [-0.05, 0) is 64.4 Å². The molecule has 6 rings (SSSR count). The Bertz CT molecular complexity index is 1620. The van der Waals surface area contributed by atoms with Crippen LogP contribution in [-0.4, -0.2) is 45.1 Å². The molecular formula is C25H26N6O3S. The number of aliphatic hydroxyl groups is 1. The Hall–Kier alpha value is -3.26. The highest BCUT2D eigenvalue weighted by Gasteiger charge is 2.70. The third-order valence-corrected chi connectivity index (χ3v) is 9.43. The normalized spacial score (nSPS) is 22.5. The highest BCUT2D eigenvalue weighted by molar-refractivity contribution is 7.90. The van der Waals surface area contributed by atoms with Gasteiger partial charge < -0.3 is 15.0 Å². The van der Waals surface area contributed by atoms with Gasteiger partial charge in [0.25, 0.3) is 10.0 Å². The van der Waals surface area contributed by atoms with Crippen LogP contribution in [0.2, 0.25) is 0 Å². The Morgan fingerprint density at radius 3 is 2.57 bits per heavy atom. The van der Waals surface area contributed by atoms with Crippen molar-refractivity contribution in [3.8, 4) is 6.07 Å². The van der Waals surface area contributed by atoms with Crippen molar-refractivity contribution in [2.24, 2.45) is 5.41 Å². The number of aryl methyl sites for hydroxylation is 1. The van der Waals surface area contributed by atoms with Gasteiger partial charge in [0.05, 0.1) is 22.7 Å². The summed E-state index contributed by atoms with van der Waals surface area (Å²) in [6.45, 7) is 5.21. The standard InChI is InChI=1S/C25H26N6O3S/c1-16-3-5-18(6-4-16)35(33,34)30-12-7-19-21-20(13-28-23(19)30)29-22(17(2)32)31(21)25(15-26)14-24(25)8-10-27-11-9-24/h3-7,12-13,17,27,32H,8-11,14H2,1-2H3/t17-,25?/m1/s1. The number of fused-ring (bicyclic) bond motifs is 3. The number of imidazole rings is 1. The van der Waals surface area contributed by atoms with E-state index in [2.05, 4.69) is 21.4 Å². The molecule has 9 nitrogen and oxygen atoms in total. The first-order valence-corrected chi connectivity index (χ1v) is 13.2. The number of hydrogen-bond acceptors (Lipinski definition) is 7. The average molecular weight is 491 g/mol. The molecule has 0 amide bonds. The second kappa shape index (κ2) is 7.37. The molecule has 1 aliphatic heterocycles. The second-order valence-corrected chi connectivity index (χ2v) is 11.6. The number of aliphatic hydroxyl groups excluding tert-OH is 1. The van der Waals surface area contributed by atoms with Crippen molar-refractivity contribution in [2.45, 2.75) is 49.6 Å². The van der Waals surface area contributed by atoms with Gasteiger partial charge in [-0.1, -0.05) is 17.7 Å². The van der Waals surface area contributed by atoms with Gasteiger partial charge in [0.1, 0.15) is 23.0 Å². The van der Waals surface area contributed by atoms with Crippen LogP contribution >= 0.6 is 0 Å². The molecule has 1 saturated heterocycles. The van der Waals surface area contributed by atoms with E-state index in [1.807, 2.05) is 11.5 Å². The lowest BCUT2D eigenvalue weighted by molar-refractivity contribution is 0.178. The fourth-order valence-corrected chi connectivity index (χ4v) is 7.09. The van der Waals surface area contributed by atoms with Gasteiger partial charge in [-0.25, -0.2) is 22.4 Å². The zero-order valence-corrected chi connectivity index (χ0v) is 20.4. The summed E-state index contributed by atoms with van der Waals surface area (Å²) in [7, 11) is -3.88. The predicted molar refractivity (Wildman–Crippen MR) is 130 cm³/mol. The number of nitrogens with zero attached hydrogens (tertiary/aromatic N) is 5. The van der Waals surface area contributed by atoms with Crippen molar-refractivity contribution in [3.05, 3.63) is 54.1 Å². The first-order chi connectivity index (χ1) is 16.7. The van der Waals surface area contributed by atoms with Gasteiger partial charge in [-0.3, -0.25) is 0 Å². The molecule has 2 fully saturated rings. The maximum atomic E-state index is 13.5. The monoisotopic (exact) mass is 490 g/mol. The van der Waals surface area contributed by atoms with E-state index in [0.717, 1.165) is 31.5 Å². The lowest BCUT2D eigenvalue weighted by Crippen LogP contribution is -2.36. The van der Waals surface area contributed by atoms with E-state index in [1.54, 1.807) is 37.3 Å². The molecule has 1 spiro atoms. The van der Waals surface area contributed by atoms with E-state index in [4.69, 9.17) is 0 Å². The summed E-state index contributed by atoms with van der Waals surface area (Å²) in [6.07, 6.45) is 4.52. The topological polar surface area (TPSA) is 126 Å². The molecule has 1 aromatic carbocycles. The number of nitriles is 1. The number of benzene rings is 1. The number of piperidine rings is 1. The van der Waals surface area contributed by atoms with Gasteiger partial charge in [-0.2, -0.15) is 5.26 Å². The molecule has 2 N–H and O–H groups in total. The molecule has 2 aliphatic rings. The average Bonchev–Trinajstić information content (AvgIpc) is 3.17. The van der Waals surface area contributed by atoms with Gasteiger partial charge >= 0.3 is 0 Å². The van der Waals surface area contributed by atoms with Crippen molar-refractivity contribution >= 4 is 32.1 Å². The summed E-state index contributed by atoms with van der Waals surface area (Å²) in [5.41, 5.74) is 1.36. The second-order valence-electron chi connectivity index (χ2n) is 9.82. The minimum atomic E-state index is -3.88. The van der Waals surface area contributed by atoms with Crippen LogP contribution in [-0.2, 0) is 15.6 Å². The highest BCUT2D eigenvalue weighted by Crippen LogP contribution is 2.67. The molecule has 4 heterocycles. The summed E-state index contributed by atoms with van der Waals surface area (Å²) in [5, 5.41) is 25.1. The predicted octanol–water partition coefficient (Wildman–Crippen LogP) is 2.98. The summed E-state index contributed by atoms with van der Waals surface area (Å²) >= 11 is 0. The molecular weight excluding hydrogens is 464 g/mol. The number of rotatable bonds is 4. The third-order valence-electron chi connectivity index (χ3n) is 7.75. The molecule has 1 saturated carbocycles. The number of hydrogen-bond donors (Lipinski definition) is 2. The maximum Gasteiger partial charge on any atom is 0.269 e. The Balaban J connectivity index is 1.61. The lowest BCUT2D eigenvalue weighted by Gasteiger charge is -2.28. The van der Waals surface area contributed by atoms with Crippen LogP contribution in [0.4, 0.5) is 0 Å². The minimum absolute atomic E-state index is 0.171. The number of pyridine rings is 1. The molecule has 35 heavy (non-hydrogen) atoms. The van der Waals surface area contributed by atoms with E-state index in [9.17, 15) is 18.8 Å². The van der Waals surface area contributed by atoms with Crippen molar-refractivity contribution < 1.29 is 13.5 Å². The van der Waals surface area contributed by atoms with Crippen LogP contribution in [0.5, 0.6) is 0 Å². The Morgan fingerprint density at radius 2 is 1.91 bits per heavy atom. The SMILES string of the molecule is Cc1ccc(S(=O)(=O)n2ccc3c2ncc2nc([C@@H](C)O)n(C4(C#N)CC45CCNCC5)c23)cc1. The molecule has 180 valence electrons. The van der Waals surface area contributed by atoms with Crippen LogP contribution in [0.25, 0.3) is 22.1 Å². The largest absolute Gasteiger partial charge is 0.385 e. The van der Waals surface area contributed by atoms with Crippen molar-refractivity contribution in [2.75, 3.05) is 13.1 Å². The van der Waals surface area contributed by atoms with Crippen molar-refractivity contribution in [3.63, 3.8) is 0 Å². The first-order valence-electron chi connectivity index (χ1n) is 11.8. The smallest absolute Gasteiger partial charge is 0.269 e. The number of nitrogens with one attached hydrogen (secondary N) is 1. The van der Waals surface area contributed by atoms with E-state index >= 15 is 0 Å². The molecule has 3 aromatic heterocycles. The fourth-order valence-electron chi connectivity index (χ4n) is 5.79. The molecule has 1 unspecified atom stereocenters. The Kier molecular flexibility index (Phi) is 4.68. The Labute approximate surface area is 203 Å². The van der Waals surface area contributed by atoms with Gasteiger partial charge in [0.2, 0.25) is 0 Å². The van der Waals surface area contributed by atoms with E-state index < -0.39 is 21.7 Å². The number of aromatic nitrogens is 4. The molecule has 0 radical (unpaired) electrons. The molecule has 2 atom stereocenters. The minimum Gasteiger partial charge on any atom is -0.385 e. The summed E-state index contributed by atoms with van der Waals surface area (Å²) in [6, 6.07) is 11.0. The van der Waals surface area contributed by atoms with Gasteiger partial charge in [-0.15, -0.1) is 0 Å². The quantitative estimate of drug-likeness (QED) is 0.450. The van der Waals surface area contributed by atoms with Gasteiger partial charge in [0, 0.05) is 17.0 Å². The van der Waals surface area contributed by atoms with Crippen LogP contribution in [0.3, 0.4) is 0 Å². The molecule has 1 aliphatic carbocycles. The van der Waals surface area contributed by atoms with E-state index in [0.29, 0.717) is 28.7 Å². The van der Waals surface area contributed by atoms with Crippen molar-refractivity contribution in [1.29, 1.82) is 5.26 Å². The fraction of sp³-hybridized carbons (Fsp3) is 0.400. The maximum absolute atomic E-state index is 13.5. The van der Waals surface area contributed by atoms with Gasteiger partial charge in [0.15, 0.2) is 5.65 Å². The molecule has 0 bridgehead atoms. The lowest BCUT2D eigenvalue weighted by atomic mass is 9.89. The van der Waals surface area contributed by atoms with Crippen LogP contribution < -0.4 is 5.32 Å². The zero-order chi connectivity index (χ0) is 24.6. The van der Waals surface area contributed by atoms with Crippen LogP contribution in [0.15, 0.2) is 47.6 Å². The third kappa shape index (κ3) is 2.95. The molecule has 10 heteroatoms. The summed E-state index contributed by atoms with van der Waals surface area (Å²) in [5.74, 6) is 0.403. The van der Waals surface area contributed by atoms with Crippen LogP contribution in [0, 0.1) is 23.7 Å². The molecule has 4 aromatic rings. The van der Waals surface area contributed by atoms with E-state index in [1.165, 1.54) is 16.4 Å². The Morgan fingerprint density at radius 1 is 1.20 bits per heavy atom.